The molecule has 0 unspecified atom stereocenters. The summed E-state index contributed by atoms with van der Waals surface area (Å²) in [4.78, 5) is 10.4. The number of anilines is 1. The van der Waals surface area contributed by atoms with E-state index in [1.54, 1.807) is 23.0 Å². The third-order valence-electron chi connectivity index (χ3n) is 6.73. The summed E-state index contributed by atoms with van der Waals surface area (Å²) in [6.07, 6.45) is 1.90. The maximum absolute atomic E-state index is 6.27. The number of hydrogen-bond donors (Lipinski definition) is 0. The van der Waals surface area contributed by atoms with Crippen LogP contribution < -0.4 is 14.4 Å². The summed E-state index contributed by atoms with van der Waals surface area (Å²) >= 11 is 1.56. The second-order valence-electron chi connectivity index (χ2n) is 8.99. The van der Waals surface area contributed by atoms with Crippen molar-refractivity contribution in [3.63, 3.8) is 0 Å². The number of hydrogen-bond acceptors (Lipinski definition) is 8. The molecular weight excluding hydrogens is 474 g/mol. The summed E-state index contributed by atoms with van der Waals surface area (Å²) in [5.74, 6) is 2.27. The van der Waals surface area contributed by atoms with E-state index in [4.69, 9.17) is 13.9 Å². The smallest absolute Gasteiger partial charge is 0.212 e. The van der Waals surface area contributed by atoms with Crippen LogP contribution in [0.3, 0.4) is 0 Å². The lowest BCUT2D eigenvalue weighted by Gasteiger charge is -2.35. The number of imidazole rings is 1. The van der Waals surface area contributed by atoms with E-state index in [1.807, 2.05) is 37.4 Å². The second-order valence-corrected chi connectivity index (χ2v) is 10.2. The summed E-state index contributed by atoms with van der Waals surface area (Å²) in [5, 5.41) is 6.42. The lowest BCUT2D eigenvalue weighted by Crippen LogP contribution is -2.46. The van der Waals surface area contributed by atoms with Crippen LogP contribution in [0.15, 0.2) is 53.1 Å². The molecule has 9 heteroatoms. The number of benzene rings is 2. The molecule has 0 spiro atoms. The maximum Gasteiger partial charge on any atom is 0.212 e. The van der Waals surface area contributed by atoms with Gasteiger partial charge in [-0.15, -0.1) is 0 Å². The van der Waals surface area contributed by atoms with Gasteiger partial charge >= 0.3 is 0 Å². The van der Waals surface area contributed by atoms with Gasteiger partial charge in [-0.1, -0.05) is 24.3 Å². The monoisotopic (exact) mass is 503 g/mol. The minimum absolute atomic E-state index is 0.402. The Labute approximate surface area is 213 Å². The largest absolute Gasteiger partial charge is 0.497 e. The van der Waals surface area contributed by atoms with Crippen LogP contribution in [0, 0.1) is 6.92 Å². The fraction of sp³-hybridized carbons (Fsp3) is 0.333. The van der Waals surface area contributed by atoms with Crippen molar-refractivity contribution in [1.29, 1.82) is 0 Å². The number of piperazine rings is 1. The molecule has 4 heterocycles. The van der Waals surface area contributed by atoms with E-state index in [2.05, 4.69) is 45.0 Å². The molecule has 8 nitrogen and oxygen atoms in total. The van der Waals surface area contributed by atoms with Crippen LogP contribution in [0.1, 0.15) is 17.5 Å². The third-order valence-corrected chi connectivity index (χ3v) is 7.56. The minimum Gasteiger partial charge on any atom is -0.497 e. The molecule has 1 aliphatic rings. The van der Waals surface area contributed by atoms with Crippen molar-refractivity contribution in [3.05, 3.63) is 59.2 Å². The van der Waals surface area contributed by atoms with Crippen molar-refractivity contribution in [2.45, 2.75) is 20.5 Å². The van der Waals surface area contributed by atoms with Crippen molar-refractivity contribution >= 4 is 33.0 Å². The minimum atomic E-state index is 0.402. The van der Waals surface area contributed by atoms with Crippen molar-refractivity contribution < 1.29 is 13.9 Å². The molecule has 186 valence electrons. The highest BCUT2D eigenvalue weighted by atomic mass is 32.1. The number of likely N-dealkylation sites (N-methyl/N-ethyl adjacent to an activating group) is 1. The summed E-state index contributed by atoms with van der Waals surface area (Å²) in [7, 11) is 1.66. The molecule has 0 atom stereocenters. The Bertz CT molecular complexity index is 1480. The van der Waals surface area contributed by atoms with Gasteiger partial charge in [0, 0.05) is 54.9 Å². The Morgan fingerprint density at radius 2 is 1.92 bits per heavy atom. The highest BCUT2D eigenvalue weighted by molar-refractivity contribution is 7.16. The summed E-state index contributed by atoms with van der Waals surface area (Å²) in [6.45, 7) is 9.96. The Morgan fingerprint density at radius 1 is 1.06 bits per heavy atom. The zero-order valence-corrected chi connectivity index (χ0v) is 21.5. The zero-order chi connectivity index (χ0) is 24.6. The van der Waals surface area contributed by atoms with E-state index in [9.17, 15) is 0 Å². The standard InChI is InChI=1S/C27H29N5O3S/c1-4-30-8-10-31(11-9-30)20-6-5-7-21(13-20)34-17-19-12-22(33-3)14-25-23(19)15-26(35-25)24-16-32-27(28-24)36-18(2)29-32/h5-7,12-16H,4,8-11,17H2,1-3H3. The first-order valence-electron chi connectivity index (χ1n) is 12.2. The lowest BCUT2D eigenvalue weighted by molar-refractivity contribution is 0.271. The molecule has 3 aromatic heterocycles. The molecule has 0 saturated carbocycles. The van der Waals surface area contributed by atoms with Crippen molar-refractivity contribution in [2.75, 3.05) is 44.7 Å². The van der Waals surface area contributed by atoms with Gasteiger partial charge in [-0.05, 0) is 37.7 Å². The summed E-state index contributed by atoms with van der Waals surface area (Å²) in [5.41, 5.74) is 3.70. The van der Waals surface area contributed by atoms with Crippen molar-refractivity contribution in [3.8, 4) is 23.0 Å². The third kappa shape index (κ3) is 4.40. The van der Waals surface area contributed by atoms with E-state index in [0.717, 1.165) is 76.4 Å². The molecule has 0 aliphatic carbocycles. The molecule has 5 aromatic rings. The van der Waals surface area contributed by atoms with E-state index in [0.29, 0.717) is 12.4 Å². The predicted molar refractivity (Wildman–Crippen MR) is 142 cm³/mol. The molecule has 1 aliphatic heterocycles. The molecule has 6 rings (SSSR count). The molecule has 0 radical (unpaired) electrons. The SMILES string of the molecule is CCN1CCN(c2cccc(OCc3cc(OC)cc4oc(-c5cn6nc(C)sc6n5)cc34)c2)CC1. The Kier molecular flexibility index (Phi) is 6.02. The first kappa shape index (κ1) is 22.9. The van der Waals surface area contributed by atoms with Crippen LogP contribution in [-0.4, -0.2) is 59.3 Å². The van der Waals surface area contributed by atoms with Gasteiger partial charge in [-0.2, -0.15) is 5.10 Å². The van der Waals surface area contributed by atoms with Crippen molar-refractivity contribution in [1.82, 2.24) is 19.5 Å². The number of aryl methyl sites for hydroxylation is 1. The van der Waals surface area contributed by atoms with Gasteiger partial charge in [-0.3, -0.25) is 0 Å². The van der Waals surface area contributed by atoms with Gasteiger partial charge in [0.05, 0.1) is 13.3 Å². The van der Waals surface area contributed by atoms with E-state index >= 15 is 0 Å². The van der Waals surface area contributed by atoms with Gasteiger partial charge in [0.15, 0.2) is 5.76 Å². The van der Waals surface area contributed by atoms with Crippen LogP contribution in [0.2, 0.25) is 0 Å². The number of fused-ring (bicyclic) bond motifs is 2. The first-order chi connectivity index (χ1) is 17.6. The molecular formula is C27H29N5O3S. The number of methoxy groups -OCH3 is 1. The quantitative estimate of drug-likeness (QED) is 0.301. The lowest BCUT2D eigenvalue weighted by atomic mass is 10.1. The summed E-state index contributed by atoms with van der Waals surface area (Å²) in [6, 6.07) is 14.3. The van der Waals surface area contributed by atoms with E-state index < -0.39 is 0 Å². The van der Waals surface area contributed by atoms with Crippen molar-refractivity contribution in [2.24, 2.45) is 0 Å². The van der Waals surface area contributed by atoms with E-state index in [-0.39, 0.29) is 0 Å². The fourth-order valence-electron chi connectivity index (χ4n) is 4.72. The molecule has 1 saturated heterocycles. The van der Waals surface area contributed by atoms with E-state index in [1.165, 1.54) is 5.69 Å². The average molecular weight is 504 g/mol. The Hall–Kier alpha value is -3.56. The number of rotatable bonds is 7. The van der Waals surface area contributed by atoms with Gasteiger partial charge in [-0.25, -0.2) is 9.50 Å². The van der Waals surface area contributed by atoms with Gasteiger partial charge in [0.1, 0.15) is 34.4 Å². The van der Waals surface area contributed by atoms with Crippen LogP contribution in [0.5, 0.6) is 11.5 Å². The topological polar surface area (TPSA) is 68.3 Å². The van der Waals surface area contributed by atoms with Crippen LogP contribution in [0.4, 0.5) is 5.69 Å². The molecule has 0 bridgehead atoms. The van der Waals surface area contributed by atoms with Crippen LogP contribution >= 0.6 is 11.3 Å². The molecule has 0 N–H and O–H groups in total. The zero-order valence-electron chi connectivity index (χ0n) is 20.7. The second kappa shape index (κ2) is 9.48. The Morgan fingerprint density at radius 3 is 2.69 bits per heavy atom. The highest BCUT2D eigenvalue weighted by Gasteiger charge is 2.18. The molecule has 36 heavy (non-hydrogen) atoms. The van der Waals surface area contributed by atoms with Crippen LogP contribution in [-0.2, 0) is 6.61 Å². The summed E-state index contributed by atoms with van der Waals surface area (Å²) < 4.78 is 19.8. The molecule has 1 fully saturated rings. The average Bonchev–Trinajstić information content (AvgIpc) is 3.60. The van der Waals surface area contributed by atoms with Gasteiger partial charge in [0.25, 0.3) is 0 Å². The normalized spacial score (nSPS) is 14.7. The van der Waals surface area contributed by atoms with Crippen LogP contribution in [0.25, 0.3) is 27.4 Å². The molecule has 0 amide bonds. The highest BCUT2D eigenvalue weighted by Crippen LogP contribution is 2.34. The molecule has 2 aromatic carbocycles. The predicted octanol–water partition coefficient (Wildman–Crippen LogP) is 5.24. The van der Waals surface area contributed by atoms with Gasteiger partial charge < -0.3 is 23.7 Å². The van der Waals surface area contributed by atoms with Gasteiger partial charge in [0.2, 0.25) is 4.96 Å². The fourth-order valence-corrected chi connectivity index (χ4v) is 5.44. The Balaban J connectivity index is 1.25. The number of nitrogens with zero attached hydrogens (tertiary/aromatic N) is 5. The number of furan rings is 1. The first-order valence-corrected chi connectivity index (χ1v) is 13.0. The number of aromatic nitrogens is 3. The maximum atomic E-state index is 6.27. The number of ether oxygens (including phenoxy) is 2.